The Kier molecular flexibility index (Phi) is 5.53. The SMILES string of the molecule is CCOc1ccc(C(=O)Nc2nnc(C3CC(=O)N(c4ccccc4)C3)s2)cc1. The fourth-order valence-corrected chi connectivity index (χ4v) is 4.05. The molecule has 0 bridgehead atoms. The highest BCUT2D eigenvalue weighted by Gasteiger charge is 2.33. The van der Waals surface area contributed by atoms with Crippen molar-refractivity contribution < 1.29 is 14.3 Å². The molecule has 1 aliphatic rings. The summed E-state index contributed by atoms with van der Waals surface area (Å²) in [5.41, 5.74) is 1.39. The molecular weight excluding hydrogens is 388 g/mol. The van der Waals surface area contributed by atoms with E-state index >= 15 is 0 Å². The summed E-state index contributed by atoms with van der Waals surface area (Å²) in [4.78, 5) is 26.6. The zero-order chi connectivity index (χ0) is 20.2. The third-order valence-electron chi connectivity index (χ3n) is 4.63. The topological polar surface area (TPSA) is 84.4 Å². The van der Waals surface area contributed by atoms with Gasteiger partial charge in [0.25, 0.3) is 5.91 Å². The van der Waals surface area contributed by atoms with Gasteiger partial charge in [-0.2, -0.15) is 0 Å². The summed E-state index contributed by atoms with van der Waals surface area (Å²) in [5.74, 6) is 0.494. The van der Waals surface area contributed by atoms with Gasteiger partial charge in [-0.05, 0) is 43.3 Å². The van der Waals surface area contributed by atoms with Crippen LogP contribution in [-0.2, 0) is 4.79 Å². The summed E-state index contributed by atoms with van der Waals surface area (Å²) in [7, 11) is 0. The third kappa shape index (κ3) is 4.27. The number of rotatable bonds is 6. The first kappa shape index (κ1) is 19.1. The van der Waals surface area contributed by atoms with Gasteiger partial charge < -0.3 is 9.64 Å². The maximum atomic E-state index is 12.4. The first-order valence-corrected chi connectivity index (χ1v) is 10.2. The fraction of sp³-hybridized carbons (Fsp3) is 0.238. The molecular formula is C21H20N4O3S. The van der Waals surface area contributed by atoms with E-state index < -0.39 is 0 Å². The maximum absolute atomic E-state index is 12.4. The van der Waals surface area contributed by atoms with Crippen molar-refractivity contribution in [2.24, 2.45) is 0 Å². The Hall–Kier alpha value is -3.26. The summed E-state index contributed by atoms with van der Waals surface area (Å²) < 4.78 is 5.38. The Bertz CT molecular complexity index is 1000. The number of para-hydroxylation sites is 1. The number of carbonyl (C=O) groups excluding carboxylic acids is 2. The predicted molar refractivity (Wildman–Crippen MR) is 112 cm³/mol. The Labute approximate surface area is 172 Å². The van der Waals surface area contributed by atoms with Crippen LogP contribution in [0.25, 0.3) is 0 Å². The lowest BCUT2D eigenvalue weighted by Crippen LogP contribution is -2.24. The number of nitrogens with zero attached hydrogens (tertiary/aromatic N) is 3. The van der Waals surface area contributed by atoms with Crippen LogP contribution in [0.4, 0.5) is 10.8 Å². The van der Waals surface area contributed by atoms with E-state index in [1.807, 2.05) is 37.3 Å². The monoisotopic (exact) mass is 408 g/mol. The van der Waals surface area contributed by atoms with Crippen molar-refractivity contribution in [2.75, 3.05) is 23.4 Å². The highest BCUT2D eigenvalue weighted by atomic mass is 32.1. The van der Waals surface area contributed by atoms with E-state index in [0.29, 0.717) is 30.3 Å². The number of nitrogens with one attached hydrogen (secondary N) is 1. The van der Waals surface area contributed by atoms with E-state index in [4.69, 9.17) is 4.74 Å². The van der Waals surface area contributed by atoms with E-state index in [1.54, 1.807) is 29.2 Å². The Morgan fingerprint density at radius 1 is 1.17 bits per heavy atom. The van der Waals surface area contributed by atoms with Gasteiger partial charge in [-0.1, -0.05) is 29.5 Å². The van der Waals surface area contributed by atoms with Gasteiger partial charge in [0.2, 0.25) is 11.0 Å². The average Bonchev–Trinajstić information content (AvgIpc) is 3.36. The molecule has 2 aromatic carbocycles. The van der Waals surface area contributed by atoms with Crippen molar-refractivity contribution in [1.82, 2.24) is 10.2 Å². The normalized spacial score (nSPS) is 16.1. The van der Waals surface area contributed by atoms with Crippen LogP contribution in [0.1, 0.15) is 34.6 Å². The summed E-state index contributed by atoms with van der Waals surface area (Å²) >= 11 is 1.31. The predicted octanol–water partition coefficient (Wildman–Crippen LogP) is 3.71. The standard InChI is InChI=1S/C21H20N4O3S/c1-2-28-17-10-8-14(9-11-17)19(27)22-21-24-23-20(29-21)15-12-18(26)25(13-15)16-6-4-3-5-7-16/h3-11,15H,2,12-13H2,1H3,(H,22,24,27). The number of hydrogen-bond donors (Lipinski definition) is 1. The summed E-state index contributed by atoms with van der Waals surface area (Å²) in [6.07, 6.45) is 0.385. The number of benzene rings is 2. The number of ether oxygens (including phenoxy) is 1. The lowest BCUT2D eigenvalue weighted by atomic mass is 10.1. The molecule has 1 aliphatic heterocycles. The quantitative estimate of drug-likeness (QED) is 0.672. The van der Waals surface area contributed by atoms with E-state index in [-0.39, 0.29) is 17.7 Å². The molecule has 0 radical (unpaired) electrons. The van der Waals surface area contributed by atoms with Crippen LogP contribution >= 0.6 is 11.3 Å². The molecule has 148 valence electrons. The minimum atomic E-state index is -0.260. The Balaban J connectivity index is 1.41. The molecule has 2 amide bonds. The molecule has 1 fully saturated rings. The third-order valence-corrected chi connectivity index (χ3v) is 5.63. The molecule has 1 saturated heterocycles. The molecule has 1 N–H and O–H groups in total. The Morgan fingerprint density at radius 3 is 2.66 bits per heavy atom. The van der Waals surface area contributed by atoms with Crippen LogP contribution in [0, 0.1) is 0 Å². The second-order valence-electron chi connectivity index (χ2n) is 6.60. The molecule has 8 heteroatoms. The smallest absolute Gasteiger partial charge is 0.257 e. The second kappa shape index (κ2) is 8.40. The van der Waals surface area contributed by atoms with Crippen molar-refractivity contribution >= 4 is 34.0 Å². The van der Waals surface area contributed by atoms with E-state index in [0.717, 1.165) is 16.4 Å². The van der Waals surface area contributed by atoms with Gasteiger partial charge in [-0.15, -0.1) is 10.2 Å². The van der Waals surface area contributed by atoms with Crippen molar-refractivity contribution in [3.05, 3.63) is 65.2 Å². The number of carbonyl (C=O) groups is 2. The first-order valence-electron chi connectivity index (χ1n) is 9.37. The van der Waals surface area contributed by atoms with Gasteiger partial charge >= 0.3 is 0 Å². The molecule has 1 aromatic heterocycles. The van der Waals surface area contributed by atoms with Crippen molar-refractivity contribution in [3.63, 3.8) is 0 Å². The summed E-state index contributed by atoms with van der Waals surface area (Å²) in [6, 6.07) is 16.5. The average molecular weight is 408 g/mol. The lowest BCUT2D eigenvalue weighted by Gasteiger charge is -2.15. The van der Waals surface area contributed by atoms with E-state index in [2.05, 4.69) is 15.5 Å². The number of amides is 2. The lowest BCUT2D eigenvalue weighted by molar-refractivity contribution is -0.117. The van der Waals surface area contributed by atoms with Gasteiger partial charge in [0.1, 0.15) is 10.8 Å². The second-order valence-corrected chi connectivity index (χ2v) is 7.61. The molecule has 7 nitrogen and oxygen atoms in total. The van der Waals surface area contributed by atoms with Crippen molar-refractivity contribution in [1.29, 1.82) is 0 Å². The molecule has 29 heavy (non-hydrogen) atoms. The van der Waals surface area contributed by atoms with Gasteiger partial charge in [0, 0.05) is 30.1 Å². The molecule has 3 aromatic rings. The van der Waals surface area contributed by atoms with Gasteiger partial charge in [-0.25, -0.2) is 0 Å². The molecule has 1 unspecified atom stereocenters. The molecule has 0 aliphatic carbocycles. The van der Waals surface area contributed by atoms with Crippen LogP contribution in [0.2, 0.25) is 0 Å². The zero-order valence-electron chi connectivity index (χ0n) is 15.9. The highest BCUT2D eigenvalue weighted by molar-refractivity contribution is 7.15. The molecule has 0 spiro atoms. The highest BCUT2D eigenvalue weighted by Crippen LogP contribution is 2.34. The van der Waals surface area contributed by atoms with Gasteiger partial charge in [0.05, 0.1) is 6.61 Å². The van der Waals surface area contributed by atoms with Gasteiger partial charge in [-0.3, -0.25) is 14.9 Å². The molecule has 2 heterocycles. The van der Waals surface area contributed by atoms with Crippen LogP contribution in [-0.4, -0.2) is 35.2 Å². The number of aromatic nitrogens is 2. The van der Waals surface area contributed by atoms with Crippen LogP contribution < -0.4 is 15.0 Å². The van der Waals surface area contributed by atoms with Crippen molar-refractivity contribution in [3.8, 4) is 5.75 Å². The summed E-state index contributed by atoms with van der Waals surface area (Å²) in [6.45, 7) is 3.04. The number of hydrogen-bond acceptors (Lipinski definition) is 6. The van der Waals surface area contributed by atoms with E-state index in [1.165, 1.54) is 11.3 Å². The van der Waals surface area contributed by atoms with Crippen LogP contribution in [0.5, 0.6) is 5.75 Å². The molecule has 1 atom stereocenters. The van der Waals surface area contributed by atoms with Crippen molar-refractivity contribution in [2.45, 2.75) is 19.3 Å². The largest absolute Gasteiger partial charge is 0.494 e. The molecule has 0 saturated carbocycles. The Morgan fingerprint density at radius 2 is 1.93 bits per heavy atom. The molecule has 4 rings (SSSR count). The minimum absolute atomic E-state index is 0.0312. The van der Waals surface area contributed by atoms with Crippen LogP contribution in [0.3, 0.4) is 0 Å². The minimum Gasteiger partial charge on any atom is -0.494 e. The van der Waals surface area contributed by atoms with E-state index in [9.17, 15) is 9.59 Å². The van der Waals surface area contributed by atoms with Crippen LogP contribution in [0.15, 0.2) is 54.6 Å². The first-order chi connectivity index (χ1) is 14.1. The zero-order valence-corrected chi connectivity index (χ0v) is 16.7. The summed E-state index contributed by atoms with van der Waals surface area (Å²) in [5, 5.41) is 12.2. The fourth-order valence-electron chi connectivity index (χ4n) is 3.22. The maximum Gasteiger partial charge on any atom is 0.257 e. The number of anilines is 2. The van der Waals surface area contributed by atoms with Gasteiger partial charge in [0.15, 0.2) is 0 Å².